The van der Waals surface area contributed by atoms with E-state index in [9.17, 15) is 4.79 Å². The lowest BCUT2D eigenvalue weighted by atomic mass is 10.1. The molecule has 0 atom stereocenters. The van der Waals surface area contributed by atoms with Gasteiger partial charge in [0.05, 0.1) is 12.3 Å². The van der Waals surface area contributed by atoms with Gasteiger partial charge >= 0.3 is 0 Å². The van der Waals surface area contributed by atoms with E-state index in [1.54, 1.807) is 13.0 Å². The third-order valence-corrected chi connectivity index (χ3v) is 2.87. The van der Waals surface area contributed by atoms with Gasteiger partial charge in [-0.05, 0) is 25.1 Å². The van der Waals surface area contributed by atoms with Crippen LogP contribution in [-0.2, 0) is 11.3 Å². The molecule has 19 heavy (non-hydrogen) atoms. The number of aryl methyl sites for hydroxylation is 1. The van der Waals surface area contributed by atoms with Crippen LogP contribution in [0.4, 0.5) is 5.69 Å². The highest BCUT2D eigenvalue weighted by Gasteiger charge is 2.15. The Kier molecular flexibility index (Phi) is 2.92. The Morgan fingerprint density at radius 3 is 3.11 bits per heavy atom. The molecule has 1 aromatic heterocycles. The highest BCUT2D eigenvalue weighted by atomic mass is 16.7. The molecule has 1 aliphatic rings. The molecule has 3 rings (SSSR count). The molecule has 6 heteroatoms. The summed E-state index contributed by atoms with van der Waals surface area (Å²) in [6.07, 6.45) is 1.33. The van der Waals surface area contributed by atoms with Crippen LogP contribution in [0.15, 0.2) is 29.0 Å². The van der Waals surface area contributed by atoms with E-state index in [-0.39, 0.29) is 12.7 Å². The average molecular weight is 260 g/mol. The van der Waals surface area contributed by atoms with E-state index in [1.807, 2.05) is 12.1 Å². The molecule has 0 unspecified atom stereocenters. The van der Waals surface area contributed by atoms with Gasteiger partial charge < -0.3 is 19.3 Å². The number of aromatic nitrogens is 1. The zero-order valence-corrected chi connectivity index (χ0v) is 10.3. The fourth-order valence-corrected chi connectivity index (χ4v) is 1.88. The molecule has 2 aromatic rings. The van der Waals surface area contributed by atoms with E-state index < -0.39 is 0 Å². The van der Waals surface area contributed by atoms with Crippen LogP contribution in [0.1, 0.15) is 21.6 Å². The maximum absolute atomic E-state index is 12.0. The normalized spacial score (nSPS) is 13.5. The minimum absolute atomic E-state index is 0.253. The molecule has 0 saturated carbocycles. The van der Waals surface area contributed by atoms with Gasteiger partial charge in [-0.2, -0.15) is 0 Å². The Bertz CT molecular complexity index is 621. The highest BCUT2D eigenvalue weighted by molar-refractivity contribution is 6.04. The summed E-state index contributed by atoms with van der Waals surface area (Å²) in [4.78, 5) is 12.0. The molecule has 1 N–H and O–H groups in total. The van der Waals surface area contributed by atoms with Gasteiger partial charge in [0, 0.05) is 11.3 Å². The highest BCUT2D eigenvalue weighted by Crippen LogP contribution is 2.26. The third-order valence-electron chi connectivity index (χ3n) is 2.87. The number of benzene rings is 1. The number of ether oxygens (including phenoxy) is 2. The lowest BCUT2D eigenvalue weighted by Gasteiger charge is -2.18. The number of hydrogen-bond acceptors (Lipinski definition) is 5. The van der Waals surface area contributed by atoms with Gasteiger partial charge in [0.25, 0.3) is 5.91 Å². The lowest BCUT2D eigenvalue weighted by Crippen LogP contribution is -2.14. The minimum Gasteiger partial charge on any atom is -0.467 e. The quantitative estimate of drug-likeness (QED) is 0.895. The molecule has 0 aliphatic carbocycles. The van der Waals surface area contributed by atoms with E-state index in [0.29, 0.717) is 23.6 Å². The summed E-state index contributed by atoms with van der Waals surface area (Å²) in [5, 5.41) is 6.46. The molecular weight excluding hydrogens is 248 g/mol. The summed E-state index contributed by atoms with van der Waals surface area (Å²) in [5.41, 5.74) is 2.57. The minimum atomic E-state index is -0.253. The van der Waals surface area contributed by atoms with Gasteiger partial charge in [0.15, 0.2) is 6.79 Å². The van der Waals surface area contributed by atoms with E-state index in [2.05, 4.69) is 10.5 Å². The van der Waals surface area contributed by atoms with Crippen LogP contribution in [0.5, 0.6) is 5.75 Å². The second-order valence-corrected chi connectivity index (χ2v) is 4.20. The number of nitrogens with one attached hydrogen (secondary N) is 1. The molecule has 1 aromatic carbocycles. The van der Waals surface area contributed by atoms with Gasteiger partial charge in [-0.1, -0.05) is 5.16 Å². The number of carbonyl (C=O) groups excluding carboxylic acids is 1. The zero-order chi connectivity index (χ0) is 13.2. The van der Waals surface area contributed by atoms with Crippen molar-refractivity contribution in [1.29, 1.82) is 0 Å². The molecule has 0 radical (unpaired) electrons. The first-order valence-corrected chi connectivity index (χ1v) is 5.80. The van der Waals surface area contributed by atoms with Crippen molar-refractivity contribution in [2.45, 2.75) is 13.5 Å². The topological polar surface area (TPSA) is 73.6 Å². The summed E-state index contributed by atoms with van der Waals surface area (Å²) in [6, 6.07) is 5.42. The van der Waals surface area contributed by atoms with Crippen LogP contribution in [0.2, 0.25) is 0 Å². The maximum Gasteiger partial charge on any atom is 0.260 e. The molecule has 0 spiro atoms. The van der Waals surface area contributed by atoms with E-state index >= 15 is 0 Å². The third kappa shape index (κ3) is 2.30. The number of hydrogen-bond donors (Lipinski definition) is 1. The van der Waals surface area contributed by atoms with Crippen LogP contribution in [0.25, 0.3) is 0 Å². The van der Waals surface area contributed by atoms with Gasteiger partial charge in [0.2, 0.25) is 0 Å². The smallest absolute Gasteiger partial charge is 0.260 e. The van der Waals surface area contributed by atoms with Crippen LogP contribution in [0.3, 0.4) is 0 Å². The summed E-state index contributed by atoms with van der Waals surface area (Å²) >= 11 is 0. The van der Waals surface area contributed by atoms with Crippen LogP contribution in [0, 0.1) is 6.92 Å². The first-order chi connectivity index (χ1) is 9.24. The van der Waals surface area contributed by atoms with E-state index in [4.69, 9.17) is 14.0 Å². The van der Waals surface area contributed by atoms with Crippen molar-refractivity contribution in [2.24, 2.45) is 0 Å². The molecule has 2 heterocycles. The fourth-order valence-electron chi connectivity index (χ4n) is 1.88. The second-order valence-electron chi connectivity index (χ2n) is 4.20. The number of amides is 1. The first kappa shape index (κ1) is 11.7. The molecule has 0 fully saturated rings. The number of fused-ring (bicyclic) bond motifs is 1. The monoisotopic (exact) mass is 260 g/mol. The summed E-state index contributed by atoms with van der Waals surface area (Å²) in [6.45, 7) is 2.46. The van der Waals surface area contributed by atoms with Gasteiger partial charge in [-0.25, -0.2) is 0 Å². The van der Waals surface area contributed by atoms with Crippen molar-refractivity contribution in [3.05, 3.63) is 41.3 Å². The maximum atomic E-state index is 12.0. The van der Waals surface area contributed by atoms with Gasteiger partial charge in [0.1, 0.15) is 17.6 Å². The number of nitrogens with zero attached hydrogens (tertiary/aromatic N) is 1. The summed E-state index contributed by atoms with van der Waals surface area (Å²) in [7, 11) is 0. The van der Waals surface area contributed by atoms with Crippen molar-refractivity contribution in [2.75, 3.05) is 12.1 Å². The zero-order valence-electron chi connectivity index (χ0n) is 10.3. The Labute approximate surface area is 109 Å². The van der Waals surface area contributed by atoms with Crippen molar-refractivity contribution in [3.8, 4) is 5.75 Å². The van der Waals surface area contributed by atoms with Crippen LogP contribution >= 0.6 is 0 Å². The molecule has 0 bridgehead atoms. The Morgan fingerprint density at radius 2 is 2.32 bits per heavy atom. The largest absolute Gasteiger partial charge is 0.467 e. The fraction of sp³-hybridized carbons (Fsp3) is 0.231. The molecule has 1 aliphatic heterocycles. The van der Waals surface area contributed by atoms with Crippen LogP contribution < -0.4 is 10.1 Å². The average Bonchev–Trinajstić information content (AvgIpc) is 2.85. The van der Waals surface area contributed by atoms with Crippen molar-refractivity contribution < 1.29 is 18.8 Å². The van der Waals surface area contributed by atoms with Crippen molar-refractivity contribution in [1.82, 2.24) is 5.16 Å². The van der Waals surface area contributed by atoms with Crippen molar-refractivity contribution in [3.63, 3.8) is 0 Å². The summed E-state index contributed by atoms with van der Waals surface area (Å²) < 4.78 is 15.2. The van der Waals surface area contributed by atoms with Gasteiger partial charge in [-0.15, -0.1) is 0 Å². The Balaban J connectivity index is 1.80. The van der Waals surface area contributed by atoms with E-state index in [1.165, 1.54) is 6.26 Å². The van der Waals surface area contributed by atoms with Crippen LogP contribution in [-0.4, -0.2) is 17.9 Å². The second kappa shape index (κ2) is 4.74. The van der Waals surface area contributed by atoms with Crippen molar-refractivity contribution >= 4 is 11.6 Å². The summed E-state index contributed by atoms with van der Waals surface area (Å²) in [5.74, 6) is 0.529. The van der Waals surface area contributed by atoms with Gasteiger partial charge in [-0.3, -0.25) is 4.79 Å². The Hall–Kier alpha value is -2.34. The first-order valence-electron chi connectivity index (χ1n) is 5.80. The molecule has 98 valence electrons. The molecule has 1 amide bonds. The standard InChI is InChI=1S/C13H12N2O4/c1-8-11(6-19-15-8)13(16)14-10-2-3-12-9(4-10)5-17-7-18-12/h2-4,6H,5,7H2,1H3,(H,14,16). The number of carbonyl (C=O) groups is 1. The van der Waals surface area contributed by atoms with E-state index in [0.717, 1.165) is 11.3 Å². The molecule has 6 nitrogen and oxygen atoms in total. The number of rotatable bonds is 2. The SMILES string of the molecule is Cc1nocc1C(=O)Nc1ccc2c(c1)COCO2. The Morgan fingerprint density at radius 1 is 1.42 bits per heavy atom. The predicted octanol–water partition coefficient (Wildman–Crippen LogP) is 2.10. The molecular formula is C13H12N2O4. The predicted molar refractivity (Wildman–Crippen MR) is 65.9 cm³/mol. The molecule has 0 saturated heterocycles. The number of anilines is 1. The lowest BCUT2D eigenvalue weighted by molar-refractivity contribution is -0.0163.